The molecule has 0 aliphatic carbocycles. The molecule has 3 rings (SSSR count). The van der Waals surface area contributed by atoms with E-state index in [0.717, 1.165) is 38.5 Å². The Hall–Kier alpha value is -1.56. The largest absolute Gasteiger partial charge is 0.475 e. The van der Waals surface area contributed by atoms with Crippen molar-refractivity contribution < 1.29 is 9.47 Å². The van der Waals surface area contributed by atoms with Gasteiger partial charge in [-0.2, -0.15) is 0 Å². The van der Waals surface area contributed by atoms with E-state index < -0.39 is 0 Å². The van der Waals surface area contributed by atoms with Crippen LogP contribution < -0.4 is 4.74 Å². The topological polar surface area (TPSA) is 39.5 Å². The summed E-state index contributed by atoms with van der Waals surface area (Å²) in [5, 5.41) is 5.12. The van der Waals surface area contributed by atoms with E-state index >= 15 is 0 Å². The van der Waals surface area contributed by atoms with E-state index in [1.165, 1.54) is 0 Å². The minimum absolute atomic E-state index is 0.637. The van der Waals surface area contributed by atoms with Crippen molar-refractivity contribution in [2.75, 3.05) is 39.5 Å². The number of ether oxygens (including phenoxy) is 2. The molecule has 1 fully saturated rings. The second-order valence-corrected chi connectivity index (χ2v) is 5.31. The predicted molar refractivity (Wildman–Crippen MR) is 81.3 cm³/mol. The molecule has 2 heterocycles. The molecule has 6 heteroatoms. The molecule has 1 saturated heterocycles. The summed E-state index contributed by atoms with van der Waals surface area (Å²) in [6.45, 7) is 5.11. The van der Waals surface area contributed by atoms with E-state index in [4.69, 9.17) is 21.1 Å². The fraction of sp³-hybridized carbons (Fsp3) is 0.400. The van der Waals surface area contributed by atoms with Crippen LogP contribution in [0.25, 0.3) is 5.69 Å². The third-order valence-corrected chi connectivity index (χ3v) is 3.67. The molecule has 0 bridgehead atoms. The molecule has 0 N–H and O–H groups in total. The third-order valence-electron chi connectivity index (χ3n) is 3.42. The van der Waals surface area contributed by atoms with E-state index in [-0.39, 0.29) is 0 Å². The van der Waals surface area contributed by atoms with Crippen molar-refractivity contribution in [2.45, 2.75) is 0 Å². The van der Waals surface area contributed by atoms with Crippen molar-refractivity contribution in [3.05, 3.63) is 41.6 Å². The van der Waals surface area contributed by atoms with Crippen LogP contribution in [0, 0.1) is 0 Å². The van der Waals surface area contributed by atoms with Gasteiger partial charge in [0, 0.05) is 36.9 Å². The van der Waals surface area contributed by atoms with Crippen molar-refractivity contribution in [3.63, 3.8) is 0 Å². The minimum Gasteiger partial charge on any atom is -0.475 e. The van der Waals surface area contributed by atoms with Crippen LogP contribution in [0.2, 0.25) is 5.02 Å². The van der Waals surface area contributed by atoms with Crippen LogP contribution in [0.1, 0.15) is 0 Å². The Kier molecular flexibility index (Phi) is 4.75. The van der Waals surface area contributed by atoms with Crippen LogP contribution in [-0.2, 0) is 4.74 Å². The maximum absolute atomic E-state index is 5.88. The number of morpholine rings is 1. The molecule has 1 aromatic carbocycles. The van der Waals surface area contributed by atoms with Gasteiger partial charge < -0.3 is 9.47 Å². The van der Waals surface area contributed by atoms with E-state index in [1.807, 2.05) is 36.5 Å². The van der Waals surface area contributed by atoms with Crippen molar-refractivity contribution >= 4 is 11.6 Å². The molecule has 1 aliphatic rings. The zero-order valence-electron chi connectivity index (χ0n) is 11.7. The first-order chi connectivity index (χ1) is 10.3. The Morgan fingerprint density at radius 2 is 1.90 bits per heavy atom. The number of rotatable bonds is 5. The van der Waals surface area contributed by atoms with Crippen molar-refractivity contribution in [1.82, 2.24) is 14.7 Å². The highest BCUT2D eigenvalue weighted by Gasteiger charge is 2.10. The quantitative estimate of drug-likeness (QED) is 0.849. The van der Waals surface area contributed by atoms with E-state index in [1.54, 1.807) is 4.68 Å². The molecule has 0 spiro atoms. The van der Waals surface area contributed by atoms with Gasteiger partial charge in [-0.1, -0.05) is 11.6 Å². The Bertz CT molecular complexity index is 565. The Balaban J connectivity index is 1.51. The number of benzene rings is 1. The summed E-state index contributed by atoms with van der Waals surface area (Å²) in [6.07, 6.45) is 1.88. The second kappa shape index (κ2) is 6.93. The molecule has 0 amide bonds. The summed E-state index contributed by atoms with van der Waals surface area (Å²) < 4.78 is 12.8. The highest BCUT2D eigenvalue weighted by molar-refractivity contribution is 6.30. The summed E-state index contributed by atoms with van der Waals surface area (Å²) >= 11 is 5.88. The molecule has 1 aliphatic heterocycles. The molecular formula is C15H18ClN3O2. The van der Waals surface area contributed by atoms with Crippen LogP contribution in [0.5, 0.6) is 5.88 Å². The normalized spacial score (nSPS) is 16.0. The van der Waals surface area contributed by atoms with Gasteiger partial charge in [-0.3, -0.25) is 4.90 Å². The lowest BCUT2D eigenvalue weighted by Crippen LogP contribution is -2.38. The lowest BCUT2D eigenvalue weighted by Gasteiger charge is -2.26. The van der Waals surface area contributed by atoms with Gasteiger partial charge in [0.2, 0.25) is 5.88 Å². The number of halogens is 1. The first-order valence-corrected chi connectivity index (χ1v) is 7.43. The summed E-state index contributed by atoms with van der Waals surface area (Å²) in [5.74, 6) is 0.637. The lowest BCUT2D eigenvalue weighted by molar-refractivity contribution is 0.0320. The summed E-state index contributed by atoms with van der Waals surface area (Å²) in [4.78, 5) is 2.33. The molecule has 0 atom stereocenters. The Morgan fingerprint density at radius 1 is 1.14 bits per heavy atom. The number of hydrogen-bond acceptors (Lipinski definition) is 4. The maximum atomic E-state index is 5.88. The molecule has 112 valence electrons. The van der Waals surface area contributed by atoms with Crippen molar-refractivity contribution in [1.29, 1.82) is 0 Å². The van der Waals surface area contributed by atoms with Gasteiger partial charge in [0.1, 0.15) is 6.61 Å². The van der Waals surface area contributed by atoms with Crippen LogP contribution in [0.4, 0.5) is 0 Å². The first-order valence-electron chi connectivity index (χ1n) is 7.06. The molecule has 0 radical (unpaired) electrons. The van der Waals surface area contributed by atoms with Gasteiger partial charge in [0.15, 0.2) is 0 Å². The molecule has 21 heavy (non-hydrogen) atoms. The van der Waals surface area contributed by atoms with Gasteiger partial charge in [0.25, 0.3) is 0 Å². The monoisotopic (exact) mass is 307 g/mol. The number of hydrogen-bond donors (Lipinski definition) is 0. The highest BCUT2D eigenvalue weighted by atomic mass is 35.5. The molecule has 1 aromatic heterocycles. The van der Waals surface area contributed by atoms with Gasteiger partial charge >= 0.3 is 0 Å². The van der Waals surface area contributed by atoms with Crippen LogP contribution in [-0.4, -0.2) is 54.1 Å². The third kappa shape index (κ3) is 3.97. The van der Waals surface area contributed by atoms with Gasteiger partial charge in [0.05, 0.1) is 18.9 Å². The van der Waals surface area contributed by atoms with Gasteiger partial charge in [-0.15, -0.1) is 5.10 Å². The maximum Gasteiger partial charge on any atom is 0.233 e. The summed E-state index contributed by atoms with van der Waals surface area (Å²) in [5.41, 5.74) is 0.961. The fourth-order valence-corrected chi connectivity index (χ4v) is 2.35. The lowest BCUT2D eigenvalue weighted by atomic mass is 10.3. The zero-order valence-corrected chi connectivity index (χ0v) is 12.5. The fourth-order valence-electron chi connectivity index (χ4n) is 2.23. The Labute approximate surface area is 129 Å². The molecule has 0 saturated carbocycles. The molecule has 5 nitrogen and oxygen atoms in total. The Morgan fingerprint density at radius 3 is 2.67 bits per heavy atom. The second-order valence-electron chi connectivity index (χ2n) is 4.88. The van der Waals surface area contributed by atoms with Crippen LogP contribution in [0.15, 0.2) is 36.5 Å². The van der Waals surface area contributed by atoms with Crippen molar-refractivity contribution in [3.8, 4) is 11.6 Å². The minimum atomic E-state index is 0.637. The molecular weight excluding hydrogens is 290 g/mol. The summed E-state index contributed by atoms with van der Waals surface area (Å²) in [7, 11) is 0. The smallest absolute Gasteiger partial charge is 0.233 e. The van der Waals surface area contributed by atoms with E-state index in [0.29, 0.717) is 17.5 Å². The van der Waals surface area contributed by atoms with Crippen molar-refractivity contribution in [2.24, 2.45) is 0 Å². The van der Waals surface area contributed by atoms with Gasteiger partial charge in [-0.05, 0) is 24.3 Å². The van der Waals surface area contributed by atoms with E-state index in [9.17, 15) is 0 Å². The van der Waals surface area contributed by atoms with Crippen LogP contribution >= 0.6 is 11.6 Å². The van der Waals surface area contributed by atoms with Crippen LogP contribution in [0.3, 0.4) is 0 Å². The van der Waals surface area contributed by atoms with E-state index in [2.05, 4.69) is 10.00 Å². The number of nitrogens with zero attached hydrogens (tertiary/aromatic N) is 3. The average Bonchev–Trinajstić information content (AvgIpc) is 2.98. The van der Waals surface area contributed by atoms with Gasteiger partial charge in [-0.25, -0.2) is 4.68 Å². The zero-order chi connectivity index (χ0) is 14.5. The first kappa shape index (κ1) is 14.4. The average molecular weight is 308 g/mol. The molecule has 2 aromatic rings. The SMILES string of the molecule is Clc1ccc(-n2ccc(OCCN3CCOCC3)n2)cc1. The molecule has 0 unspecified atom stereocenters. The standard InChI is InChI=1S/C15H18ClN3O2/c16-13-1-3-14(4-2-13)19-6-5-15(17-19)21-12-9-18-7-10-20-11-8-18/h1-6H,7-12H2. The predicted octanol–water partition coefficient (Wildman–Crippen LogP) is 2.24. The number of aromatic nitrogens is 2. The highest BCUT2D eigenvalue weighted by Crippen LogP contribution is 2.15. The summed E-state index contributed by atoms with van der Waals surface area (Å²) in [6, 6.07) is 9.41.